The van der Waals surface area contributed by atoms with E-state index >= 15 is 0 Å². The van der Waals surface area contributed by atoms with Gasteiger partial charge in [0.2, 0.25) is 0 Å². The number of hydrogen-bond donors (Lipinski definition) is 2. The van der Waals surface area contributed by atoms with Gasteiger partial charge in [0.15, 0.2) is 5.54 Å². The first-order valence-electron chi connectivity index (χ1n) is 6.99. The predicted octanol–water partition coefficient (Wildman–Crippen LogP) is 2.57. The second-order valence-corrected chi connectivity index (χ2v) is 6.24. The Balaban J connectivity index is 2.59. The number of amides is 1. The third-order valence-electron chi connectivity index (χ3n) is 2.75. The molecule has 0 saturated heterocycles. The summed E-state index contributed by atoms with van der Waals surface area (Å²) in [7, 11) is 0. The van der Waals surface area contributed by atoms with Crippen molar-refractivity contribution in [3.8, 4) is 0 Å². The first kappa shape index (κ1) is 18.0. The van der Waals surface area contributed by atoms with Crippen LogP contribution in [0.4, 0.5) is 4.79 Å². The zero-order chi connectivity index (χ0) is 16.8. The molecule has 1 atom stereocenters. The highest BCUT2D eigenvalue weighted by Gasteiger charge is 2.36. The summed E-state index contributed by atoms with van der Waals surface area (Å²) < 4.78 is 10.5. The molecule has 0 spiro atoms. The number of carbonyl (C=O) groups excluding carboxylic acids is 1. The van der Waals surface area contributed by atoms with E-state index in [4.69, 9.17) is 9.47 Å². The van der Waals surface area contributed by atoms with Crippen molar-refractivity contribution in [1.82, 2.24) is 5.32 Å². The third kappa shape index (κ3) is 6.13. The van der Waals surface area contributed by atoms with Gasteiger partial charge in [-0.1, -0.05) is 30.3 Å². The van der Waals surface area contributed by atoms with Gasteiger partial charge in [0, 0.05) is 0 Å². The fourth-order valence-electron chi connectivity index (χ4n) is 1.63. The molecule has 1 rings (SSSR count). The molecular formula is C16H23NO5. The Morgan fingerprint density at radius 3 is 2.23 bits per heavy atom. The van der Waals surface area contributed by atoms with Gasteiger partial charge < -0.3 is 19.9 Å². The second kappa shape index (κ2) is 7.26. The van der Waals surface area contributed by atoms with Crippen LogP contribution in [-0.2, 0) is 20.9 Å². The highest BCUT2D eigenvalue weighted by molar-refractivity contribution is 5.84. The zero-order valence-electron chi connectivity index (χ0n) is 13.4. The Hall–Kier alpha value is -2.08. The summed E-state index contributed by atoms with van der Waals surface area (Å²) in [5.41, 5.74) is -1.33. The van der Waals surface area contributed by atoms with Crippen LogP contribution < -0.4 is 5.32 Å². The van der Waals surface area contributed by atoms with Crippen molar-refractivity contribution in [3.05, 3.63) is 35.9 Å². The summed E-state index contributed by atoms with van der Waals surface area (Å²) in [6, 6.07) is 9.37. The molecule has 0 aromatic heterocycles. The SMILES string of the molecule is CC(C)(C)OC(=O)NC(C)(COCc1ccccc1)C(=O)O. The largest absolute Gasteiger partial charge is 0.479 e. The Morgan fingerprint density at radius 1 is 1.14 bits per heavy atom. The van der Waals surface area contributed by atoms with Gasteiger partial charge in [0.05, 0.1) is 13.2 Å². The Bertz CT molecular complexity index is 509. The van der Waals surface area contributed by atoms with E-state index in [1.807, 2.05) is 30.3 Å². The molecule has 0 aliphatic rings. The molecule has 0 aliphatic carbocycles. The molecular weight excluding hydrogens is 286 g/mol. The first-order chi connectivity index (χ1) is 10.1. The predicted molar refractivity (Wildman–Crippen MR) is 81.5 cm³/mol. The van der Waals surface area contributed by atoms with Gasteiger partial charge in [0.25, 0.3) is 0 Å². The van der Waals surface area contributed by atoms with E-state index in [2.05, 4.69) is 5.32 Å². The molecule has 1 amide bonds. The topological polar surface area (TPSA) is 84.9 Å². The number of rotatable bonds is 6. The lowest BCUT2D eigenvalue weighted by Crippen LogP contribution is -2.56. The highest BCUT2D eigenvalue weighted by atomic mass is 16.6. The van der Waals surface area contributed by atoms with Crippen LogP contribution in [0.5, 0.6) is 0 Å². The number of carboxylic acid groups (broad SMARTS) is 1. The van der Waals surface area contributed by atoms with E-state index < -0.39 is 23.2 Å². The Morgan fingerprint density at radius 2 is 1.73 bits per heavy atom. The van der Waals surface area contributed by atoms with Crippen LogP contribution in [0.15, 0.2) is 30.3 Å². The normalized spacial score (nSPS) is 14.0. The maximum atomic E-state index is 11.8. The molecule has 0 bridgehead atoms. The lowest BCUT2D eigenvalue weighted by molar-refractivity contribution is -0.147. The fourth-order valence-corrected chi connectivity index (χ4v) is 1.63. The van der Waals surface area contributed by atoms with E-state index in [1.54, 1.807) is 20.8 Å². The van der Waals surface area contributed by atoms with Crippen molar-refractivity contribution in [1.29, 1.82) is 0 Å². The number of carboxylic acids is 1. The van der Waals surface area contributed by atoms with Crippen molar-refractivity contribution in [3.63, 3.8) is 0 Å². The third-order valence-corrected chi connectivity index (χ3v) is 2.75. The number of ether oxygens (including phenoxy) is 2. The highest BCUT2D eigenvalue weighted by Crippen LogP contribution is 2.12. The summed E-state index contributed by atoms with van der Waals surface area (Å²) >= 11 is 0. The number of carbonyl (C=O) groups is 2. The minimum atomic E-state index is -1.56. The lowest BCUT2D eigenvalue weighted by atomic mass is 10.1. The van der Waals surface area contributed by atoms with Gasteiger partial charge in [-0.15, -0.1) is 0 Å². The van der Waals surface area contributed by atoms with E-state index in [0.717, 1.165) is 5.56 Å². The molecule has 0 aliphatic heterocycles. The van der Waals surface area contributed by atoms with Gasteiger partial charge in [-0.3, -0.25) is 0 Å². The monoisotopic (exact) mass is 309 g/mol. The molecule has 1 aromatic carbocycles. The standard InChI is InChI=1S/C16H23NO5/c1-15(2,3)22-14(20)17-16(4,13(18)19)11-21-10-12-8-6-5-7-9-12/h5-9H,10-11H2,1-4H3,(H,17,20)(H,18,19). The van der Waals surface area contributed by atoms with Gasteiger partial charge >= 0.3 is 12.1 Å². The zero-order valence-corrected chi connectivity index (χ0v) is 13.4. The summed E-state index contributed by atoms with van der Waals surface area (Å²) in [4.78, 5) is 23.2. The van der Waals surface area contributed by atoms with Crippen LogP contribution in [0, 0.1) is 0 Å². The molecule has 0 radical (unpaired) electrons. The van der Waals surface area contributed by atoms with Crippen molar-refractivity contribution >= 4 is 12.1 Å². The molecule has 0 heterocycles. The van der Waals surface area contributed by atoms with E-state index in [9.17, 15) is 14.7 Å². The molecule has 0 fully saturated rings. The lowest BCUT2D eigenvalue weighted by Gasteiger charge is -2.28. The molecule has 22 heavy (non-hydrogen) atoms. The van der Waals surface area contributed by atoms with Gasteiger partial charge in [-0.2, -0.15) is 0 Å². The van der Waals surface area contributed by atoms with Crippen molar-refractivity contribution in [2.24, 2.45) is 0 Å². The van der Waals surface area contributed by atoms with Gasteiger partial charge in [0.1, 0.15) is 5.60 Å². The quantitative estimate of drug-likeness (QED) is 0.843. The average Bonchev–Trinajstić information content (AvgIpc) is 2.37. The second-order valence-electron chi connectivity index (χ2n) is 6.24. The van der Waals surface area contributed by atoms with Crippen LogP contribution >= 0.6 is 0 Å². The van der Waals surface area contributed by atoms with Crippen LogP contribution in [0.3, 0.4) is 0 Å². The fraction of sp³-hybridized carbons (Fsp3) is 0.500. The number of alkyl carbamates (subject to hydrolysis) is 1. The molecule has 6 nitrogen and oxygen atoms in total. The molecule has 1 aromatic rings. The summed E-state index contributed by atoms with van der Waals surface area (Å²) in [5, 5.41) is 11.7. The van der Waals surface area contributed by atoms with Crippen molar-refractivity contribution in [2.45, 2.75) is 45.4 Å². The average molecular weight is 309 g/mol. The summed E-state index contributed by atoms with van der Waals surface area (Å²) in [6.45, 7) is 6.59. The van der Waals surface area contributed by atoms with E-state index in [1.165, 1.54) is 6.92 Å². The van der Waals surface area contributed by atoms with Crippen LogP contribution in [0.2, 0.25) is 0 Å². The number of nitrogens with one attached hydrogen (secondary N) is 1. The van der Waals surface area contributed by atoms with Gasteiger partial charge in [-0.25, -0.2) is 9.59 Å². The molecule has 0 saturated carbocycles. The van der Waals surface area contributed by atoms with E-state index in [-0.39, 0.29) is 13.2 Å². The maximum Gasteiger partial charge on any atom is 0.408 e. The Labute approximate surface area is 130 Å². The van der Waals surface area contributed by atoms with Gasteiger partial charge in [-0.05, 0) is 33.3 Å². The first-order valence-corrected chi connectivity index (χ1v) is 6.99. The summed E-state index contributed by atoms with van der Waals surface area (Å²) in [5.74, 6) is -1.19. The minimum absolute atomic E-state index is 0.170. The molecule has 122 valence electrons. The van der Waals surface area contributed by atoms with Crippen LogP contribution in [0.25, 0.3) is 0 Å². The molecule has 6 heteroatoms. The Kier molecular flexibility index (Phi) is 5.93. The smallest absolute Gasteiger partial charge is 0.408 e. The van der Waals surface area contributed by atoms with E-state index in [0.29, 0.717) is 0 Å². The van der Waals surface area contributed by atoms with Crippen molar-refractivity contribution < 1.29 is 24.2 Å². The number of benzene rings is 1. The minimum Gasteiger partial charge on any atom is -0.479 e. The van der Waals surface area contributed by atoms with Crippen LogP contribution in [-0.4, -0.2) is 34.9 Å². The van der Waals surface area contributed by atoms with Crippen molar-refractivity contribution in [2.75, 3.05) is 6.61 Å². The number of aliphatic carboxylic acids is 1. The molecule has 1 unspecified atom stereocenters. The summed E-state index contributed by atoms with van der Waals surface area (Å²) in [6.07, 6.45) is -0.791. The molecule has 2 N–H and O–H groups in total. The maximum absolute atomic E-state index is 11.8. The van der Waals surface area contributed by atoms with Crippen LogP contribution in [0.1, 0.15) is 33.3 Å². The number of hydrogen-bond acceptors (Lipinski definition) is 4.